The molecule has 1 unspecified atom stereocenters. The van der Waals surface area contributed by atoms with Gasteiger partial charge in [0.15, 0.2) is 0 Å². The summed E-state index contributed by atoms with van der Waals surface area (Å²) in [5, 5.41) is 14.9. The smallest absolute Gasteiger partial charge is 0.282 e. The van der Waals surface area contributed by atoms with Gasteiger partial charge in [-0.05, 0) is 25.7 Å². The van der Waals surface area contributed by atoms with E-state index in [-0.39, 0.29) is 12.0 Å². The largest absolute Gasteiger partial charge is 0.376 e. The van der Waals surface area contributed by atoms with Crippen LogP contribution in [0.2, 0.25) is 0 Å². The Morgan fingerprint density at radius 1 is 1.47 bits per heavy atom. The van der Waals surface area contributed by atoms with Gasteiger partial charge in [-0.25, -0.2) is 0 Å². The van der Waals surface area contributed by atoms with Gasteiger partial charge in [-0.1, -0.05) is 18.3 Å². The van der Waals surface area contributed by atoms with Gasteiger partial charge in [-0.15, -0.1) is 10.2 Å². The van der Waals surface area contributed by atoms with Crippen molar-refractivity contribution in [2.75, 3.05) is 25.0 Å². The number of nitrogens with zero attached hydrogens (tertiary/aromatic N) is 2. The number of carbonyl (C=O) groups is 1. The first-order valence-corrected chi connectivity index (χ1v) is 7.58. The van der Waals surface area contributed by atoms with Crippen molar-refractivity contribution in [3.8, 4) is 0 Å². The van der Waals surface area contributed by atoms with E-state index in [2.05, 4.69) is 27.8 Å². The molecule has 7 heteroatoms. The molecule has 1 aliphatic heterocycles. The van der Waals surface area contributed by atoms with Crippen molar-refractivity contribution >= 4 is 22.4 Å². The van der Waals surface area contributed by atoms with Crippen molar-refractivity contribution in [2.24, 2.45) is 0 Å². The van der Waals surface area contributed by atoms with Crippen LogP contribution in [-0.2, 0) is 4.74 Å². The van der Waals surface area contributed by atoms with Crippen LogP contribution in [0, 0.1) is 0 Å². The molecule has 1 saturated heterocycles. The highest BCUT2D eigenvalue weighted by molar-refractivity contribution is 7.17. The van der Waals surface area contributed by atoms with Crippen molar-refractivity contribution in [2.45, 2.75) is 38.7 Å². The molecule has 0 saturated carbocycles. The van der Waals surface area contributed by atoms with Crippen LogP contribution in [0.5, 0.6) is 0 Å². The van der Waals surface area contributed by atoms with Crippen LogP contribution in [0.3, 0.4) is 0 Å². The van der Waals surface area contributed by atoms with Gasteiger partial charge >= 0.3 is 0 Å². The highest BCUT2D eigenvalue weighted by Crippen LogP contribution is 2.15. The average molecular weight is 284 g/mol. The Bertz CT molecular complexity index is 404. The lowest BCUT2D eigenvalue weighted by atomic mass is 10.1. The molecule has 0 radical (unpaired) electrons. The maximum atomic E-state index is 11.9. The predicted octanol–water partition coefficient (Wildman–Crippen LogP) is 1.66. The number of ether oxygens (including phenoxy) is 1. The first-order chi connectivity index (χ1) is 9.29. The second kappa shape index (κ2) is 7.40. The van der Waals surface area contributed by atoms with Crippen LogP contribution in [0.15, 0.2) is 0 Å². The summed E-state index contributed by atoms with van der Waals surface area (Å²) in [5.41, 5.74) is 0. The SMILES string of the molecule is CCCNc1nnc(C(=O)NCC2CCCCO2)s1. The molecule has 2 N–H and O–H groups in total. The fourth-order valence-electron chi connectivity index (χ4n) is 1.87. The Kier molecular flexibility index (Phi) is 5.53. The molecule has 19 heavy (non-hydrogen) atoms. The Balaban J connectivity index is 1.77. The van der Waals surface area contributed by atoms with E-state index >= 15 is 0 Å². The molecular formula is C12H20N4O2S. The number of rotatable bonds is 6. The Labute approximate surface area is 116 Å². The van der Waals surface area contributed by atoms with Crippen LogP contribution in [0.4, 0.5) is 5.13 Å². The molecule has 1 amide bonds. The van der Waals surface area contributed by atoms with Crippen LogP contribution < -0.4 is 10.6 Å². The molecule has 2 heterocycles. The first kappa shape index (κ1) is 14.2. The van der Waals surface area contributed by atoms with E-state index in [1.54, 1.807) is 0 Å². The molecule has 0 bridgehead atoms. The summed E-state index contributed by atoms with van der Waals surface area (Å²) in [6, 6.07) is 0. The summed E-state index contributed by atoms with van der Waals surface area (Å²) in [5.74, 6) is -0.170. The number of hydrogen-bond donors (Lipinski definition) is 2. The quantitative estimate of drug-likeness (QED) is 0.831. The summed E-state index contributed by atoms with van der Waals surface area (Å²) in [4.78, 5) is 11.9. The van der Waals surface area contributed by atoms with Crippen molar-refractivity contribution in [1.29, 1.82) is 0 Å². The van der Waals surface area contributed by atoms with Crippen LogP contribution in [-0.4, -0.2) is 41.9 Å². The van der Waals surface area contributed by atoms with Gasteiger partial charge in [-0.2, -0.15) is 0 Å². The molecule has 0 spiro atoms. The molecular weight excluding hydrogens is 264 g/mol. The van der Waals surface area contributed by atoms with E-state index in [0.717, 1.165) is 32.4 Å². The van der Waals surface area contributed by atoms with E-state index in [9.17, 15) is 4.79 Å². The lowest BCUT2D eigenvalue weighted by Gasteiger charge is -2.22. The van der Waals surface area contributed by atoms with Gasteiger partial charge in [0.1, 0.15) is 0 Å². The third-order valence-electron chi connectivity index (χ3n) is 2.91. The van der Waals surface area contributed by atoms with Crippen molar-refractivity contribution in [3.63, 3.8) is 0 Å². The monoisotopic (exact) mass is 284 g/mol. The summed E-state index contributed by atoms with van der Waals surface area (Å²) in [6.45, 7) is 4.26. The summed E-state index contributed by atoms with van der Waals surface area (Å²) in [7, 11) is 0. The van der Waals surface area contributed by atoms with E-state index < -0.39 is 0 Å². The zero-order chi connectivity index (χ0) is 13.5. The lowest BCUT2D eigenvalue weighted by Crippen LogP contribution is -2.35. The number of aromatic nitrogens is 2. The van der Waals surface area contributed by atoms with Gasteiger partial charge in [0.2, 0.25) is 10.1 Å². The fourth-order valence-corrected chi connectivity index (χ4v) is 2.55. The number of amides is 1. The molecule has 0 aliphatic carbocycles. The number of nitrogens with one attached hydrogen (secondary N) is 2. The normalized spacial score (nSPS) is 19.1. The third kappa shape index (κ3) is 4.43. The van der Waals surface area contributed by atoms with Gasteiger partial charge in [-0.3, -0.25) is 4.79 Å². The molecule has 1 atom stereocenters. The topological polar surface area (TPSA) is 76.1 Å². The summed E-state index contributed by atoms with van der Waals surface area (Å²) < 4.78 is 5.56. The zero-order valence-electron chi connectivity index (χ0n) is 11.1. The van der Waals surface area contributed by atoms with Gasteiger partial charge in [0, 0.05) is 19.7 Å². The first-order valence-electron chi connectivity index (χ1n) is 6.76. The second-order valence-electron chi connectivity index (χ2n) is 4.54. The molecule has 106 valence electrons. The minimum Gasteiger partial charge on any atom is -0.376 e. The van der Waals surface area contributed by atoms with Crippen LogP contribution >= 0.6 is 11.3 Å². The maximum Gasteiger partial charge on any atom is 0.282 e. The molecule has 1 fully saturated rings. The maximum absolute atomic E-state index is 11.9. The molecule has 1 aromatic heterocycles. The van der Waals surface area contributed by atoms with E-state index in [1.807, 2.05) is 0 Å². The van der Waals surface area contributed by atoms with Crippen molar-refractivity contribution in [3.05, 3.63) is 5.01 Å². The van der Waals surface area contributed by atoms with Crippen LogP contribution in [0.25, 0.3) is 0 Å². The third-order valence-corrected chi connectivity index (χ3v) is 3.79. The van der Waals surface area contributed by atoms with Crippen molar-refractivity contribution in [1.82, 2.24) is 15.5 Å². The van der Waals surface area contributed by atoms with Gasteiger partial charge in [0.05, 0.1) is 6.10 Å². The summed E-state index contributed by atoms with van der Waals surface area (Å²) in [6.07, 6.45) is 4.46. The summed E-state index contributed by atoms with van der Waals surface area (Å²) >= 11 is 1.28. The highest BCUT2D eigenvalue weighted by atomic mass is 32.1. The highest BCUT2D eigenvalue weighted by Gasteiger charge is 2.17. The molecule has 6 nitrogen and oxygen atoms in total. The molecule has 2 rings (SSSR count). The van der Waals surface area contributed by atoms with E-state index in [4.69, 9.17) is 4.74 Å². The minimum atomic E-state index is -0.170. The minimum absolute atomic E-state index is 0.142. The number of anilines is 1. The zero-order valence-corrected chi connectivity index (χ0v) is 12.0. The molecule has 1 aromatic rings. The van der Waals surface area contributed by atoms with Crippen LogP contribution in [0.1, 0.15) is 42.4 Å². The van der Waals surface area contributed by atoms with Crippen molar-refractivity contribution < 1.29 is 9.53 Å². The Morgan fingerprint density at radius 2 is 2.37 bits per heavy atom. The van der Waals surface area contributed by atoms with E-state index in [1.165, 1.54) is 17.8 Å². The van der Waals surface area contributed by atoms with Gasteiger partial charge < -0.3 is 15.4 Å². The fraction of sp³-hybridized carbons (Fsp3) is 0.750. The number of carbonyl (C=O) groups excluding carboxylic acids is 1. The number of hydrogen-bond acceptors (Lipinski definition) is 6. The Hall–Kier alpha value is -1.21. The molecule has 0 aromatic carbocycles. The molecule has 1 aliphatic rings. The second-order valence-corrected chi connectivity index (χ2v) is 5.52. The predicted molar refractivity (Wildman–Crippen MR) is 74.6 cm³/mol. The standard InChI is InChI=1S/C12H20N4O2S/c1-2-6-13-12-16-15-11(19-12)10(17)14-8-9-5-3-4-7-18-9/h9H,2-8H2,1H3,(H,13,16)(H,14,17). The average Bonchev–Trinajstić information content (AvgIpc) is 2.92. The van der Waals surface area contributed by atoms with E-state index in [0.29, 0.717) is 16.7 Å². The van der Waals surface area contributed by atoms with Gasteiger partial charge in [0.25, 0.3) is 5.91 Å². The lowest BCUT2D eigenvalue weighted by molar-refractivity contribution is 0.0169. The Morgan fingerprint density at radius 3 is 3.11 bits per heavy atom.